The third kappa shape index (κ3) is 4.50. The third-order valence-corrected chi connectivity index (χ3v) is 5.87. The van der Waals surface area contributed by atoms with Crippen LogP contribution in [-0.2, 0) is 11.3 Å². The van der Waals surface area contributed by atoms with Crippen molar-refractivity contribution >= 4 is 24.7 Å². The number of para-hydroxylation sites is 1. The number of unbranched alkanes of at least 4 members (excludes halogenated alkanes) is 1. The molecule has 3 N–H and O–H groups in total. The Morgan fingerprint density at radius 1 is 1.26 bits per heavy atom. The zero-order valence-electron chi connectivity index (χ0n) is 15.8. The van der Waals surface area contributed by atoms with Crippen LogP contribution in [0.4, 0.5) is 0 Å². The molecule has 0 aliphatic carbocycles. The average Bonchev–Trinajstić information content (AvgIpc) is 2.69. The van der Waals surface area contributed by atoms with Gasteiger partial charge in [0.05, 0.1) is 13.4 Å². The summed E-state index contributed by atoms with van der Waals surface area (Å²) >= 11 is 0. The Balaban J connectivity index is 1.63. The fraction of sp³-hybridized carbons (Fsp3) is 0.524. The Morgan fingerprint density at radius 3 is 2.70 bits per heavy atom. The van der Waals surface area contributed by atoms with Crippen molar-refractivity contribution in [3.05, 3.63) is 42.1 Å². The van der Waals surface area contributed by atoms with Gasteiger partial charge in [0.1, 0.15) is 5.54 Å². The highest BCUT2D eigenvalue weighted by atomic mass is 16.4. The van der Waals surface area contributed by atoms with Crippen LogP contribution in [0.1, 0.15) is 37.7 Å². The van der Waals surface area contributed by atoms with E-state index < -0.39 is 11.5 Å². The second-order valence-electron chi connectivity index (χ2n) is 7.63. The predicted molar refractivity (Wildman–Crippen MR) is 109 cm³/mol. The maximum absolute atomic E-state index is 11.9. The van der Waals surface area contributed by atoms with Crippen molar-refractivity contribution in [2.45, 2.75) is 50.5 Å². The van der Waals surface area contributed by atoms with Crippen molar-refractivity contribution < 1.29 is 9.90 Å². The number of piperidine rings is 1. The van der Waals surface area contributed by atoms with E-state index in [0.29, 0.717) is 12.7 Å². The number of nitrogens with zero attached hydrogens (tertiary/aromatic N) is 2. The van der Waals surface area contributed by atoms with E-state index in [2.05, 4.69) is 34.1 Å². The molecule has 1 saturated heterocycles. The van der Waals surface area contributed by atoms with Crippen molar-refractivity contribution in [2.24, 2.45) is 11.7 Å². The van der Waals surface area contributed by atoms with Crippen molar-refractivity contribution in [2.75, 3.05) is 13.1 Å². The summed E-state index contributed by atoms with van der Waals surface area (Å²) < 4.78 is 0. The highest BCUT2D eigenvalue weighted by Crippen LogP contribution is 2.32. The summed E-state index contributed by atoms with van der Waals surface area (Å²) in [7, 11) is 5.54. The first-order valence-electron chi connectivity index (χ1n) is 9.82. The van der Waals surface area contributed by atoms with Gasteiger partial charge in [-0.1, -0.05) is 43.4 Å². The fourth-order valence-corrected chi connectivity index (χ4v) is 4.19. The van der Waals surface area contributed by atoms with E-state index in [-0.39, 0.29) is 5.92 Å². The number of nitrogens with two attached hydrogens (primary N) is 1. The van der Waals surface area contributed by atoms with Gasteiger partial charge in [-0.05, 0) is 49.9 Å². The fourth-order valence-electron chi connectivity index (χ4n) is 4.19. The molecule has 1 aromatic heterocycles. The van der Waals surface area contributed by atoms with Gasteiger partial charge in [0, 0.05) is 18.1 Å². The van der Waals surface area contributed by atoms with Gasteiger partial charge in [-0.25, -0.2) is 0 Å². The van der Waals surface area contributed by atoms with E-state index in [1.165, 1.54) is 5.56 Å². The van der Waals surface area contributed by atoms with E-state index in [1.54, 1.807) is 0 Å². The lowest BCUT2D eigenvalue weighted by molar-refractivity contribution is -0.147. The molecule has 27 heavy (non-hydrogen) atoms. The van der Waals surface area contributed by atoms with Gasteiger partial charge in [0.15, 0.2) is 0 Å². The first-order valence-corrected chi connectivity index (χ1v) is 9.82. The largest absolute Gasteiger partial charge is 0.480 e. The molecular weight excluding hydrogens is 337 g/mol. The number of hydrogen-bond donors (Lipinski definition) is 2. The minimum atomic E-state index is -1.14. The van der Waals surface area contributed by atoms with Crippen LogP contribution >= 0.6 is 0 Å². The Labute approximate surface area is 162 Å². The van der Waals surface area contributed by atoms with Gasteiger partial charge in [-0.2, -0.15) is 0 Å². The molecule has 2 heterocycles. The maximum Gasteiger partial charge on any atom is 0.323 e. The minimum absolute atomic E-state index is 0.00895. The number of hydrogen-bond acceptors (Lipinski definition) is 4. The van der Waals surface area contributed by atoms with Gasteiger partial charge >= 0.3 is 5.97 Å². The zero-order valence-corrected chi connectivity index (χ0v) is 15.8. The van der Waals surface area contributed by atoms with Crippen LogP contribution in [0.3, 0.4) is 0 Å². The summed E-state index contributed by atoms with van der Waals surface area (Å²) in [6, 6.07) is 10.3. The van der Waals surface area contributed by atoms with Crippen molar-refractivity contribution in [3.63, 3.8) is 0 Å². The smallest absolute Gasteiger partial charge is 0.323 e. The number of pyridine rings is 1. The normalized spacial score (nSPS) is 18.4. The van der Waals surface area contributed by atoms with Crippen LogP contribution in [0.5, 0.6) is 0 Å². The van der Waals surface area contributed by atoms with E-state index in [4.69, 9.17) is 13.6 Å². The molecule has 6 heteroatoms. The van der Waals surface area contributed by atoms with Gasteiger partial charge in [-0.15, -0.1) is 0 Å². The van der Waals surface area contributed by atoms with Gasteiger partial charge in [0.2, 0.25) is 0 Å². The van der Waals surface area contributed by atoms with Crippen LogP contribution in [0.2, 0.25) is 6.32 Å². The van der Waals surface area contributed by atoms with E-state index in [1.807, 2.05) is 12.3 Å². The van der Waals surface area contributed by atoms with Crippen molar-refractivity contribution in [1.29, 1.82) is 0 Å². The molecule has 142 valence electrons. The summed E-state index contributed by atoms with van der Waals surface area (Å²) in [6.07, 6.45) is 6.10. The molecule has 1 aliphatic heterocycles. The molecule has 0 amide bonds. The van der Waals surface area contributed by atoms with Gasteiger partial charge < -0.3 is 10.8 Å². The number of aromatic nitrogens is 1. The summed E-state index contributed by atoms with van der Waals surface area (Å²) in [6.45, 7) is 2.55. The maximum atomic E-state index is 11.9. The van der Waals surface area contributed by atoms with E-state index >= 15 is 0 Å². The minimum Gasteiger partial charge on any atom is -0.480 e. The Kier molecular flexibility index (Phi) is 6.50. The second-order valence-corrected chi connectivity index (χ2v) is 7.63. The van der Waals surface area contributed by atoms with Crippen molar-refractivity contribution in [3.8, 4) is 0 Å². The quantitative estimate of drug-likeness (QED) is 0.555. The molecule has 0 spiro atoms. The van der Waals surface area contributed by atoms with E-state index in [9.17, 15) is 9.90 Å². The van der Waals surface area contributed by atoms with E-state index in [0.717, 1.165) is 56.2 Å². The average molecular weight is 365 g/mol. The Morgan fingerprint density at radius 2 is 2.00 bits per heavy atom. The highest BCUT2D eigenvalue weighted by molar-refractivity contribution is 6.08. The standard InChI is InChI=1S/C21H28BN3O2/c22-11-2-1-10-21(23,20(26)27)18-8-13-25(14-9-18)15-17-6-3-5-16-7-4-12-24-19(16)17/h3-7,12,18H,1-2,8-11,13-15,23H2,(H,26,27). The van der Waals surface area contributed by atoms with Crippen LogP contribution in [0, 0.1) is 5.92 Å². The second kappa shape index (κ2) is 8.85. The molecule has 3 rings (SSSR count). The van der Waals surface area contributed by atoms with Crippen LogP contribution in [-0.4, -0.2) is 47.4 Å². The number of fused-ring (bicyclic) bond motifs is 1. The molecule has 5 nitrogen and oxygen atoms in total. The molecule has 1 atom stereocenters. The Hall–Kier alpha value is -1.92. The highest BCUT2D eigenvalue weighted by Gasteiger charge is 2.42. The lowest BCUT2D eigenvalue weighted by Gasteiger charge is -2.40. The number of carbonyl (C=O) groups is 1. The lowest BCUT2D eigenvalue weighted by atomic mass is 9.75. The summed E-state index contributed by atoms with van der Waals surface area (Å²) in [5.41, 5.74) is 7.48. The topological polar surface area (TPSA) is 79.5 Å². The summed E-state index contributed by atoms with van der Waals surface area (Å²) in [5.74, 6) is -0.870. The van der Waals surface area contributed by atoms with Gasteiger partial charge in [0.25, 0.3) is 0 Å². The molecular formula is C21H28BN3O2. The molecule has 2 radical (unpaired) electrons. The predicted octanol–water partition coefficient (Wildman–Crippen LogP) is 2.99. The lowest BCUT2D eigenvalue weighted by Crippen LogP contribution is -2.56. The number of carboxylic acids is 1. The molecule has 2 aromatic rings. The first-order chi connectivity index (χ1) is 13.0. The van der Waals surface area contributed by atoms with Crippen LogP contribution in [0.25, 0.3) is 10.9 Å². The number of rotatable bonds is 8. The monoisotopic (exact) mass is 365 g/mol. The van der Waals surface area contributed by atoms with Crippen molar-refractivity contribution in [1.82, 2.24) is 9.88 Å². The summed E-state index contributed by atoms with van der Waals surface area (Å²) in [4.78, 5) is 18.8. The van der Waals surface area contributed by atoms with Crippen LogP contribution < -0.4 is 5.73 Å². The zero-order chi connectivity index (χ0) is 19.3. The van der Waals surface area contributed by atoms with Crippen LogP contribution in [0.15, 0.2) is 36.5 Å². The summed E-state index contributed by atoms with van der Waals surface area (Å²) in [5, 5.41) is 10.9. The molecule has 1 fully saturated rings. The number of benzene rings is 1. The van der Waals surface area contributed by atoms with Gasteiger partial charge in [-0.3, -0.25) is 14.7 Å². The number of likely N-dealkylation sites (tertiary alicyclic amines) is 1. The first kappa shape index (κ1) is 19.8. The SMILES string of the molecule is [B]CCCCC(N)(C(=O)O)C1CCN(Cc2cccc3cccnc23)CC1. The number of aliphatic carboxylic acids is 1. The molecule has 1 aromatic carbocycles. The molecule has 1 unspecified atom stereocenters. The molecule has 1 aliphatic rings. The molecule has 0 saturated carbocycles. The third-order valence-electron chi connectivity index (χ3n) is 5.87. The Bertz CT molecular complexity index is 772. The number of carboxylic acid groups (broad SMARTS) is 1. The molecule has 0 bridgehead atoms.